The molecule has 9 heteroatoms. The summed E-state index contributed by atoms with van der Waals surface area (Å²) in [5, 5.41) is 27.5. The van der Waals surface area contributed by atoms with Gasteiger partial charge in [0.2, 0.25) is 5.91 Å². The minimum Gasteiger partial charge on any atom is -0.477 e. The quantitative estimate of drug-likeness (QED) is 0.309. The number of aliphatic hydroxyl groups is 2. The van der Waals surface area contributed by atoms with E-state index in [4.69, 9.17) is 15.9 Å². The third-order valence-electron chi connectivity index (χ3n) is 4.39. The van der Waals surface area contributed by atoms with E-state index in [-0.39, 0.29) is 30.2 Å². The Balaban J connectivity index is 2.17. The van der Waals surface area contributed by atoms with Crippen LogP contribution in [-0.4, -0.2) is 93.6 Å². The fraction of sp³-hybridized carbons (Fsp3) is 0.600. The van der Waals surface area contributed by atoms with Crippen molar-refractivity contribution in [3.63, 3.8) is 0 Å². The molecule has 2 rings (SSSR count). The van der Waals surface area contributed by atoms with E-state index in [1.165, 1.54) is 16.7 Å². The molecule has 134 valence electrons. The van der Waals surface area contributed by atoms with E-state index < -0.39 is 12.0 Å². The lowest BCUT2D eigenvalue weighted by molar-refractivity contribution is -0.904. The summed E-state index contributed by atoms with van der Waals surface area (Å²) in [6.07, 6.45) is 3.55. The first-order chi connectivity index (χ1) is 11.3. The molecule has 8 nitrogen and oxygen atoms in total. The highest BCUT2D eigenvalue weighted by atomic mass is 32.2. The number of thioether (sulfide) groups is 1. The molecule has 2 heterocycles. The third-order valence-corrected chi connectivity index (χ3v) is 5.71. The number of carboxylic acid groups (broad SMARTS) is 1. The molecule has 0 aromatic rings. The van der Waals surface area contributed by atoms with Gasteiger partial charge in [0.15, 0.2) is 0 Å². The largest absolute Gasteiger partial charge is 0.477 e. The zero-order valence-corrected chi connectivity index (χ0v) is 14.4. The number of fused-ring (bicyclic) bond motifs is 1. The van der Waals surface area contributed by atoms with Crippen LogP contribution in [0.15, 0.2) is 23.4 Å². The summed E-state index contributed by atoms with van der Waals surface area (Å²) in [5.41, 5.74) is 6.29. The van der Waals surface area contributed by atoms with Gasteiger partial charge in [0.1, 0.15) is 30.2 Å². The lowest BCUT2D eigenvalue weighted by Gasteiger charge is -2.47. The van der Waals surface area contributed by atoms with Crippen LogP contribution in [0.5, 0.6) is 0 Å². The minimum atomic E-state index is -1.14. The van der Waals surface area contributed by atoms with Gasteiger partial charge >= 0.3 is 5.97 Å². The van der Waals surface area contributed by atoms with E-state index >= 15 is 0 Å². The normalized spacial score (nSPS) is 24.3. The minimum absolute atomic E-state index is 0.000203. The molecular formula is C15H24N3O5S+. The number of amides is 1. The summed E-state index contributed by atoms with van der Waals surface area (Å²) in [7, 11) is 1.91. The average molecular weight is 358 g/mol. The molecule has 0 unspecified atom stereocenters. The van der Waals surface area contributed by atoms with E-state index in [1.807, 2.05) is 13.1 Å². The maximum atomic E-state index is 11.9. The predicted octanol–water partition coefficient (Wildman–Crippen LogP) is -1.45. The number of β-lactam (4-membered cyclic amide) rings is 1. The number of rotatable bonds is 8. The summed E-state index contributed by atoms with van der Waals surface area (Å²) in [4.78, 5) is 24.7. The number of quaternary nitrogens is 1. The molecule has 5 N–H and O–H groups in total. The molecule has 0 aliphatic carbocycles. The van der Waals surface area contributed by atoms with Crippen molar-refractivity contribution in [2.24, 2.45) is 5.73 Å². The number of carbonyl (C=O) groups is 2. The molecule has 0 radical (unpaired) electrons. The van der Waals surface area contributed by atoms with E-state index in [1.54, 1.807) is 6.08 Å². The van der Waals surface area contributed by atoms with Crippen LogP contribution in [-0.2, 0) is 9.59 Å². The van der Waals surface area contributed by atoms with Crippen LogP contribution in [0.1, 0.15) is 0 Å². The second-order valence-corrected chi connectivity index (χ2v) is 7.32. The topological polar surface area (TPSA) is 124 Å². The van der Waals surface area contributed by atoms with Crippen LogP contribution in [0, 0.1) is 0 Å². The van der Waals surface area contributed by atoms with Gasteiger partial charge in [-0.15, -0.1) is 11.8 Å². The van der Waals surface area contributed by atoms with Crippen LogP contribution in [0.2, 0.25) is 0 Å². The number of nitrogens with zero attached hydrogens (tertiary/aromatic N) is 2. The maximum absolute atomic E-state index is 11.9. The van der Waals surface area contributed by atoms with Gasteiger partial charge in [-0.2, -0.15) is 0 Å². The van der Waals surface area contributed by atoms with Crippen molar-refractivity contribution in [2.75, 3.05) is 45.6 Å². The van der Waals surface area contributed by atoms with E-state index in [0.29, 0.717) is 35.4 Å². The van der Waals surface area contributed by atoms with Gasteiger partial charge in [0.05, 0.1) is 26.8 Å². The van der Waals surface area contributed by atoms with Gasteiger partial charge in [0.25, 0.3) is 0 Å². The van der Waals surface area contributed by atoms with Crippen molar-refractivity contribution < 1.29 is 29.4 Å². The van der Waals surface area contributed by atoms with Gasteiger partial charge < -0.3 is 25.5 Å². The number of aliphatic carboxylic acids is 1. The zero-order chi connectivity index (χ0) is 17.9. The highest BCUT2D eigenvalue weighted by Crippen LogP contribution is 2.39. The Labute approximate surface area is 144 Å². The van der Waals surface area contributed by atoms with Crippen molar-refractivity contribution in [1.29, 1.82) is 0 Å². The van der Waals surface area contributed by atoms with Crippen molar-refractivity contribution in [2.45, 2.75) is 11.4 Å². The summed E-state index contributed by atoms with van der Waals surface area (Å²) in [6, 6.07) is -0.635. The predicted molar refractivity (Wildman–Crippen MR) is 89.8 cm³/mol. The first kappa shape index (κ1) is 18.9. The molecule has 2 aliphatic heterocycles. The number of carboxylic acids is 1. The summed E-state index contributed by atoms with van der Waals surface area (Å²) >= 11 is 1.46. The number of carbonyl (C=O) groups excluding carboxylic acids is 1. The molecule has 1 fully saturated rings. The fourth-order valence-corrected chi connectivity index (χ4v) is 4.16. The molecule has 0 spiro atoms. The second-order valence-electron chi connectivity index (χ2n) is 6.21. The standard InChI is InChI=1S/C15H23N3O5S/c1-18(5-7-19,6-8-20)4-2-3-10-9-24-14-11(16)13(21)17(14)12(10)15(22)23/h2-3,11,14,19-20H,4-9,16H2,1H3/p+1/b3-2+/t11-,14-/m1/s1. The van der Waals surface area contributed by atoms with Crippen LogP contribution in [0.4, 0.5) is 0 Å². The number of hydrogen-bond acceptors (Lipinski definition) is 6. The molecular weight excluding hydrogens is 334 g/mol. The van der Waals surface area contributed by atoms with Crippen molar-refractivity contribution in [1.82, 2.24) is 4.90 Å². The van der Waals surface area contributed by atoms with Crippen molar-refractivity contribution in [3.8, 4) is 0 Å². The van der Waals surface area contributed by atoms with Gasteiger partial charge in [-0.25, -0.2) is 4.79 Å². The molecule has 24 heavy (non-hydrogen) atoms. The molecule has 2 aliphatic rings. The first-order valence-electron chi connectivity index (χ1n) is 7.73. The lowest BCUT2D eigenvalue weighted by Crippen LogP contribution is -2.68. The molecule has 0 saturated carbocycles. The monoisotopic (exact) mass is 358 g/mol. The zero-order valence-electron chi connectivity index (χ0n) is 13.6. The third kappa shape index (κ3) is 3.65. The number of likely N-dealkylation sites (N-methyl/N-ethyl adjacent to an activating group) is 1. The van der Waals surface area contributed by atoms with Crippen molar-refractivity contribution in [3.05, 3.63) is 23.4 Å². The molecule has 0 aromatic carbocycles. The summed E-state index contributed by atoms with van der Waals surface area (Å²) in [6.45, 7) is 1.54. The Hall–Kier alpha value is -1.39. The number of hydrogen-bond donors (Lipinski definition) is 4. The number of allylic oxidation sites excluding steroid dienone is 1. The Morgan fingerprint density at radius 1 is 1.42 bits per heavy atom. The summed E-state index contributed by atoms with van der Waals surface area (Å²) < 4.78 is 0.447. The molecule has 2 atom stereocenters. The fourth-order valence-electron chi connectivity index (χ4n) is 2.89. The van der Waals surface area contributed by atoms with Gasteiger partial charge in [0, 0.05) is 5.75 Å². The number of aliphatic hydroxyl groups excluding tert-OH is 2. The smallest absolute Gasteiger partial charge is 0.352 e. The van der Waals surface area contributed by atoms with Crippen LogP contribution in [0.3, 0.4) is 0 Å². The van der Waals surface area contributed by atoms with E-state index in [9.17, 15) is 14.7 Å². The van der Waals surface area contributed by atoms with Gasteiger partial charge in [-0.05, 0) is 11.6 Å². The van der Waals surface area contributed by atoms with Crippen LogP contribution in [0.25, 0.3) is 0 Å². The Bertz CT molecular complexity index is 571. The molecule has 0 aromatic heterocycles. The first-order valence-corrected chi connectivity index (χ1v) is 8.78. The van der Waals surface area contributed by atoms with E-state index in [0.717, 1.165) is 0 Å². The Kier molecular flexibility index (Phi) is 6.05. The van der Waals surface area contributed by atoms with Gasteiger partial charge in [-0.1, -0.05) is 6.08 Å². The summed E-state index contributed by atoms with van der Waals surface area (Å²) in [5.74, 6) is -1.02. The van der Waals surface area contributed by atoms with E-state index in [2.05, 4.69) is 0 Å². The van der Waals surface area contributed by atoms with Crippen molar-refractivity contribution >= 4 is 23.6 Å². The average Bonchev–Trinajstić information content (AvgIpc) is 2.53. The Morgan fingerprint density at radius 3 is 2.58 bits per heavy atom. The Morgan fingerprint density at radius 2 is 2.04 bits per heavy atom. The van der Waals surface area contributed by atoms with Gasteiger partial charge in [-0.3, -0.25) is 9.69 Å². The van der Waals surface area contributed by atoms with Crippen LogP contribution < -0.4 is 5.73 Å². The SMILES string of the molecule is C[N+](C/C=C/C1=C(C(=O)O)N2C(=O)[C@@H](N)[C@H]2SC1)(CCO)CCO. The molecule has 1 saturated heterocycles. The number of nitrogens with two attached hydrogens (primary N) is 1. The highest BCUT2D eigenvalue weighted by molar-refractivity contribution is 8.00. The second kappa shape index (κ2) is 7.66. The lowest BCUT2D eigenvalue weighted by atomic mass is 10.0. The molecule has 0 bridgehead atoms. The van der Waals surface area contributed by atoms with Crippen LogP contribution >= 0.6 is 11.8 Å². The highest BCUT2D eigenvalue weighted by Gasteiger charge is 2.51. The molecule has 1 amide bonds. The maximum Gasteiger partial charge on any atom is 0.352 e.